The lowest BCUT2D eigenvalue weighted by molar-refractivity contribution is -0.130. The number of rotatable bonds is 9. The highest BCUT2D eigenvalue weighted by atomic mass is 35.5. The molecule has 1 heterocycles. The maximum absolute atomic E-state index is 12.9. The molecular weight excluding hydrogens is 493 g/mol. The van der Waals surface area contributed by atoms with Crippen molar-refractivity contribution in [2.75, 3.05) is 19.7 Å². The fourth-order valence-corrected chi connectivity index (χ4v) is 5.28. The van der Waals surface area contributed by atoms with Gasteiger partial charge in [0.05, 0.1) is 28.2 Å². The van der Waals surface area contributed by atoms with Crippen molar-refractivity contribution in [2.24, 2.45) is 5.41 Å². The zero-order valence-corrected chi connectivity index (χ0v) is 21.7. The van der Waals surface area contributed by atoms with Gasteiger partial charge in [-0.25, -0.2) is 8.51 Å². The Morgan fingerprint density at radius 3 is 2.53 bits per heavy atom. The molecule has 0 aliphatic carbocycles. The molecule has 1 unspecified atom stereocenters. The molecule has 182 valence electrons. The second-order valence-electron chi connectivity index (χ2n) is 8.97. The average molecular weight is 522 g/mol. The van der Waals surface area contributed by atoms with E-state index >= 15 is 0 Å². The molecule has 9 heteroatoms. The highest BCUT2D eigenvalue weighted by Crippen LogP contribution is 2.29. The summed E-state index contributed by atoms with van der Waals surface area (Å²) >= 11 is 12.1. The van der Waals surface area contributed by atoms with Crippen LogP contribution in [0.2, 0.25) is 10.0 Å². The highest BCUT2D eigenvalue weighted by molar-refractivity contribution is 7.82. The number of hydrogen-bond donors (Lipinski definition) is 1. The van der Waals surface area contributed by atoms with Crippen LogP contribution in [0.5, 0.6) is 5.75 Å². The number of carbonyl (C=O) groups excluding carboxylic acids is 1. The third-order valence-corrected chi connectivity index (χ3v) is 7.98. The molecule has 0 spiro atoms. The van der Waals surface area contributed by atoms with Crippen LogP contribution in [-0.4, -0.2) is 40.2 Å². The number of nitrogens with one attached hydrogen (secondary N) is 1. The molecule has 1 amide bonds. The van der Waals surface area contributed by atoms with Crippen LogP contribution in [0.15, 0.2) is 47.4 Å². The zero-order valence-electron chi connectivity index (χ0n) is 19.4. The topological polar surface area (TPSA) is 82.4 Å². The number of piperidine rings is 1. The smallest absolute Gasteiger partial charge is 0.225 e. The van der Waals surface area contributed by atoms with Gasteiger partial charge in [-0.1, -0.05) is 37.0 Å². The summed E-state index contributed by atoms with van der Waals surface area (Å²) in [6, 6.07) is 14.0. The van der Waals surface area contributed by atoms with Gasteiger partial charge in [-0.2, -0.15) is 5.26 Å². The first-order valence-electron chi connectivity index (χ1n) is 11.3. The van der Waals surface area contributed by atoms with Crippen LogP contribution < -0.4 is 10.1 Å². The molecule has 0 saturated carbocycles. The van der Waals surface area contributed by atoms with Crippen molar-refractivity contribution in [2.45, 2.75) is 50.5 Å². The minimum atomic E-state index is -1.27. The van der Waals surface area contributed by atoms with E-state index in [9.17, 15) is 9.00 Å². The quantitative estimate of drug-likeness (QED) is 0.450. The summed E-state index contributed by atoms with van der Waals surface area (Å²) in [7, 11) is -1.27. The third kappa shape index (κ3) is 7.19. The molecule has 2 aromatic carbocycles. The number of nitriles is 1. The predicted molar refractivity (Wildman–Crippen MR) is 135 cm³/mol. The van der Waals surface area contributed by atoms with Crippen molar-refractivity contribution in [1.82, 2.24) is 9.62 Å². The van der Waals surface area contributed by atoms with E-state index < -0.39 is 16.4 Å². The molecule has 0 bridgehead atoms. The van der Waals surface area contributed by atoms with E-state index in [2.05, 4.69) is 11.4 Å². The Morgan fingerprint density at radius 2 is 1.88 bits per heavy atom. The molecule has 0 radical (unpaired) electrons. The summed E-state index contributed by atoms with van der Waals surface area (Å²) < 4.78 is 20.5. The summed E-state index contributed by atoms with van der Waals surface area (Å²) in [4.78, 5) is 13.6. The standard InChI is InChI=1S/C25H29Cl2N3O3S/c1-25(2,12-3-15-33-23-16-19(26)6-9-22(23)27)24(31)29-20-10-13-30(14-11-20)34(32)21-7-4-18(17-28)5-8-21/h4-9,16,20H,3,10-15H2,1-2H3,(H,29,31). The van der Waals surface area contributed by atoms with Gasteiger partial charge in [0.1, 0.15) is 16.7 Å². The van der Waals surface area contributed by atoms with E-state index in [-0.39, 0.29) is 11.9 Å². The summed E-state index contributed by atoms with van der Waals surface area (Å²) in [5, 5.41) is 13.2. The van der Waals surface area contributed by atoms with E-state index in [1.165, 1.54) is 0 Å². The minimum Gasteiger partial charge on any atom is -0.492 e. The van der Waals surface area contributed by atoms with Gasteiger partial charge >= 0.3 is 0 Å². The van der Waals surface area contributed by atoms with E-state index in [1.807, 2.05) is 18.2 Å². The Hall–Kier alpha value is -2.11. The summed E-state index contributed by atoms with van der Waals surface area (Å²) in [6.45, 7) is 5.57. The molecule has 3 rings (SSSR count). The fraction of sp³-hybridized carbons (Fsp3) is 0.440. The number of amides is 1. The minimum absolute atomic E-state index is 0.0138. The molecule has 2 aromatic rings. The van der Waals surface area contributed by atoms with E-state index in [1.54, 1.807) is 42.5 Å². The number of ether oxygens (including phenoxy) is 1. The summed E-state index contributed by atoms with van der Waals surface area (Å²) in [5.74, 6) is 0.557. The summed E-state index contributed by atoms with van der Waals surface area (Å²) in [6.07, 6.45) is 2.84. The van der Waals surface area contributed by atoms with Crippen LogP contribution in [0.3, 0.4) is 0 Å². The van der Waals surface area contributed by atoms with Crippen molar-refractivity contribution >= 4 is 40.1 Å². The van der Waals surface area contributed by atoms with E-state index in [0.717, 1.165) is 12.8 Å². The molecule has 6 nitrogen and oxygen atoms in total. The molecule has 0 aromatic heterocycles. The molecule has 1 fully saturated rings. The molecule has 1 saturated heterocycles. The first-order valence-corrected chi connectivity index (χ1v) is 13.1. The number of nitrogens with zero attached hydrogens (tertiary/aromatic N) is 2. The Kier molecular flexibility index (Phi) is 9.38. The molecule has 34 heavy (non-hydrogen) atoms. The van der Waals surface area contributed by atoms with Crippen molar-refractivity contribution in [3.05, 3.63) is 58.1 Å². The van der Waals surface area contributed by atoms with Crippen molar-refractivity contribution in [3.63, 3.8) is 0 Å². The van der Waals surface area contributed by atoms with E-state index in [4.69, 9.17) is 33.2 Å². The Balaban J connectivity index is 1.42. The second kappa shape index (κ2) is 12.0. The van der Waals surface area contributed by atoms with Gasteiger partial charge in [-0.15, -0.1) is 0 Å². The van der Waals surface area contributed by atoms with Crippen LogP contribution in [0.25, 0.3) is 0 Å². The van der Waals surface area contributed by atoms with Gasteiger partial charge in [0.2, 0.25) is 5.91 Å². The predicted octanol–water partition coefficient (Wildman–Crippen LogP) is 5.35. The third-order valence-electron chi connectivity index (χ3n) is 5.92. The highest BCUT2D eigenvalue weighted by Gasteiger charge is 2.31. The van der Waals surface area contributed by atoms with Gasteiger partial charge in [0.25, 0.3) is 0 Å². The van der Waals surface area contributed by atoms with Crippen LogP contribution in [-0.2, 0) is 15.8 Å². The molecular formula is C25H29Cl2N3O3S. The summed E-state index contributed by atoms with van der Waals surface area (Å²) in [5.41, 5.74) is 0.00817. The Morgan fingerprint density at radius 1 is 1.21 bits per heavy atom. The zero-order chi connectivity index (χ0) is 24.7. The number of halogens is 2. The van der Waals surface area contributed by atoms with Crippen molar-refractivity contribution < 1.29 is 13.7 Å². The second-order valence-corrected chi connectivity index (χ2v) is 11.3. The molecule has 1 aliphatic rings. The Bertz CT molecular complexity index is 1060. The largest absolute Gasteiger partial charge is 0.492 e. The lowest BCUT2D eigenvalue weighted by Crippen LogP contribution is -2.48. The number of carbonyl (C=O) groups is 1. The van der Waals surface area contributed by atoms with Crippen LogP contribution >= 0.6 is 23.2 Å². The van der Waals surface area contributed by atoms with Crippen LogP contribution in [0, 0.1) is 16.7 Å². The van der Waals surface area contributed by atoms with Gasteiger partial charge in [-0.05, 0) is 62.1 Å². The normalized spacial score (nSPS) is 16.0. The van der Waals surface area contributed by atoms with Gasteiger partial charge in [0, 0.05) is 35.6 Å². The fourth-order valence-electron chi connectivity index (χ4n) is 3.74. The van der Waals surface area contributed by atoms with Crippen LogP contribution in [0.4, 0.5) is 0 Å². The molecule has 1 N–H and O–H groups in total. The first kappa shape index (κ1) is 26.5. The average Bonchev–Trinajstić information content (AvgIpc) is 2.84. The number of hydrogen-bond acceptors (Lipinski definition) is 4. The first-order chi connectivity index (χ1) is 16.2. The SMILES string of the molecule is CC(C)(CCCOc1cc(Cl)ccc1Cl)C(=O)NC1CCN(S(=O)c2ccc(C#N)cc2)CC1. The lowest BCUT2D eigenvalue weighted by Gasteiger charge is -2.33. The lowest BCUT2D eigenvalue weighted by atomic mass is 9.86. The molecule has 1 atom stereocenters. The van der Waals surface area contributed by atoms with Crippen LogP contribution in [0.1, 0.15) is 45.1 Å². The van der Waals surface area contributed by atoms with Gasteiger partial charge in [0.15, 0.2) is 0 Å². The number of benzene rings is 2. The van der Waals surface area contributed by atoms with E-state index in [0.29, 0.717) is 58.8 Å². The van der Waals surface area contributed by atoms with Crippen molar-refractivity contribution in [1.29, 1.82) is 5.26 Å². The van der Waals surface area contributed by atoms with Gasteiger partial charge < -0.3 is 10.1 Å². The maximum atomic E-state index is 12.9. The maximum Gasteiger partial charge on any atom is 0.225 e. The van der Waals surface area contributed by atoms with Gasteiger partial charge in [-0.3, -0.25) is 4.79 Å². The van der Waals surface area contributed by atoms with Crippen molar-refractivity contribution in [3.8, 4) is 11.8 Å². The molecule has 1 aliphatic heterocycles. The Labute approximate surface area is 213 Å². The monoisotopic (exact) mass is 521 g/mol.